The number of nitrogens with zero attached hydrogens (tertiary/aromatic N) is 3. The number of hydrogen-bond donors (Lipinski definition) is 1. The highest BCUT2D eigenvalue weighted by Gasteiger charge is 2.12. The van der Waals surface area contributed by atoms with Gasteiger partial charge in [0.2, 0.25) is 11.4 Å². The fourth-order valence-corrected chi connectivity index (χ4v) is 1.63. The zero-order valence-corrected chi connectivity index (χ0v) is 7.72. The lowest BCUT2D eigenvalue weighted by Gasteiger charge is -1.93. The third-order valence-electron chi connectivity index (χ3n) is 1.71. The average molecular weight is 181 g/mol. The van der Waals surface area contributed by atoms with Crippen molar-refractivity contribution in [1.29, 1.82) is 0 Å². The molecule has 0 fully saturated rings. The molecule has 62 valence electrons. The Labute approximate surface area is 74.0 Å². The van der Waals surface area contributed by atoms with Crippen molar-refractivity contribution in [2.45, 2.75) is 5.03 Å². The number of rotatable bonds is 1. The normalized spacial score (nSPS) is 10.8. The first-order valence-corrected chi connectivity index (χ1v) is 4.77. The van der Waals surface area contributed by atoms with E-state index >= 15 is 0 Å². The van der Waals surface area contributed by atoms with Crippen LogP contribution in [0.3, 0.4) is 0 Å². The fraction of sp³-hybridized carbons (Fsp3) is 0.286. The topological polar surface area (TPSA) is 45.5 Å². The highest BCUT2D eigenvalue weighted by Crippen LogP contribution is 2.17. The van der Waals surface area contributed by atoms with Gasteiger partial charge in [0.05, 0.1) is 7.05 Å². The molecule has 4 nitrogen and oxygen atoms in total. The van der Waals surface area contributed by atoms with E-state index < -0.39 is 0 Å². The summed E-state index contributed by atoms with van der Waals surface area (Å²) < 4.78 is 1.89. The maximum atomic E-state index is 4.25. The van der Waals surface area contributed by atoms with Crippen molar-refractivity contribution in [3.63, 3.8) is 0 Å². The second-order valence-corrected chi connectivity index (χ2v) is 3.26. The molecule has 0 saturated carbocycles. The molecule has 0 unspecified atom stereocenters. The Kier molecular flexibility index (Phi) is 1.73. The summed E-state index contributed by atoms with van der Waals surface area (Å²) in [4.78, 5) is 11.5. The van der Waals surface area contributed by atoms with Gasteiger partial charge in [-0.15, -0.1) is 4.98 Å². The van der Waals surface area contributed by atoms with Crippen LogP contribution >= 0.6 is 11.8 Å². The molecule has 2 rings (SSSR count). The Morgan fingerprint density at radius 2 is 2.33 bits per heavy atom. The number of imidazole rings is 1. The van der Waals surface area contributed by atoms with Crippen LogP contribution in [-0.4, -0.2) is 21.2 Å². The summed E-state index contributed by atoms with van der Waals surface area (Å²) in [6.45, 7) is 0. The summed E-state index contributed by atoms with van der Waals surface area (Å²) in [5, 5.41) is 0.987. The van der Waals surface area contributed by atoms with Gasteiger partial charge in [0.15, 0.2) is 11.8 Å². The molecule has 0 bridgehead atoms. The first-order chi connectivity index (χ1) is 5.83. The Hall–Kier alpha value is -1.10. The van der Waals surface area contributed by atoms with Gasteiger partial charge in [-0.05, 0) is 6.26 Å². The Balaban J connectivity index is 2.82. The number of nitrogens with one attached hydrogen (secondary N) is 1. The van der Waals surface area contributed by atoms with E-state index in [1.54, 1.807) is 24.4 Å². The van der Waals surface area contributed by atoms with Gasteiger partial charge >= 0.3 is 0 Å². The van der Waals surface area contributed by atoms with Crippen molar-refractivity contribution >= 4 is 22.9 Å². The predicted molar refractivity (Wildman–Crippen MR) is 46.8 cm³/mol. The van der Waals surface area contributed by atoms with E-state index in [9.17, 15) is 0 Å². The second kappa shape index (κ2) is 2.75. The molecule has 0 aromatic carbocycles. The van der Waals surface area contributed by atoms with Crippen molar-refractivity contribution in [3.05, 3.63) is 12.7 Å². The van der Waals surface area contributed by atoms with Crippen LogP contribution < -0.4 is 4.57 Å². The molecule has 0 atom stereocenters. The van der Waals surface area contributed by atoms with Crippen LogP contribution in [-0.2, 0) is 7.05 Å². The molecule has 1 N–H and O–H groups in total. The van der Waals surface area contributed by atoms with Crippen molar-refractivity contribution < 1.29 is 4.57 Å². The molecule has 0 radical (unpaired) electrons. The zero-order valence-electron chi connectivity index (χ0n) is 6.90. The van der Waals surface area contributed by atoms with E-state index in [0.717, 1.165) is 16.2 Å². The summed E-state index contributed by atoms with van der Waals surface area (Å²) in [6.07, 6.45) is 5.46. The number of aryl methyl sites for hydroxylation is 1. The summed E-state index contributed by atoms with van der Waals surface area (Å²) in [7, 11) is 1.93. The van der Waals surface area contributed by atoms with Crippen LogP contribution in [0.1, 0.15) is 0 Å². The minimum Gasteiger partial charge on any atom is -0.324 e. The van der Waals surface area contributed by atoms with Gasteiger partial charge in [0, 0.05) is 0 Å². The highest BCUT2D eigenvalue weighted by molar-refractivity contribution is 7.98. The van der Waals surface area contributed by atoms with Crippen LogP contribution in [0.2, 0.25) is 0 Å². The number of fused-ring (bicyclic) bond motifs is 1. The van der Waals surface area contributed by atoms with E-state index in [0.29, 0.717) is 0 Å². The van der Waals surface area contributed by atoms with Gasteiger partial charge < -0.3 is 4.98 Å². The van der Waals surface area contributed by atoms with Crippen LogP contribution in [0, 0.1) is 0 Å². The van der Waals surface area contributed by atoms with Crippen molar-refractivity contribution in [2.24, 2.45) is 7.05 Å². The lowest BCUT2D eigenvalue weighted by molar-refractivity contribution is -0.650. The van der Waals surface area contributed by atoms with Gasteiger partial charge in [0.1, 0.15) is 0 Å². The Bertz CT molecular complexity index is 409. The molecule has 0 aliphatic heterocycles. The number of thioether (sulfide) groups is 1. The molecule has 2 aromatic heterocycles. The third-order valence-corrected chi connectivity index (χ3v) is 2.41. The monoisotopic (exact) mass is 181 g/mol. The Morgan fingerprint density at radius 1 is 1.50 bits per heavy atom. The minimum absolute atomic E-state index is 0.939. The molecule has 0 amide bonds. The van der Waals surface area contributed by atoms with Gasteiger partial charge in [-0.3, -0.25) is 0 Å². The molecule has 2 heterocycles. The number of aromatic amines is 1. The lowest BCUT2D eigenvalue weighted by atomic mass is 10.5. The zero-order chi connectivity index (χ0) is 8.55. The molecule has 0 saturated heterocycles. The quantitative estimate of drug-likeness (QED) is 0.396. The van der Waals surface area contributed by atoms with Gasteiger partial charge in [-0.25, -0.2) is 4.57 Å². The smallest absolute Gasteiger partial charge is 0.292 e. The molecule has 0 aliphatic rings. The maximum absolute atomic E-state index is 4.25. The van der Waals surface area contributed by atoms with Crippen LogP contribution in [0.5, 0.6) is 0 Å². The minimum atomic E-state index is 0.939. The largest absolute Gasteiger partial charge is 0.324 e. The average Bonchev–Trinajstić information content (AvgIpc) is 2.54. The van der Waals surface area contributed by atoms with E-state index in [2.05, 4.69) is 15.0 Å². The molecule has 0 aliphatic carbocycles. The van der Waals surface area contributed by atoms with Crippen LogP contribution in [0.4, 0.5) is 0 Å². The van der Waals surface area contributed by atoms with E-state index in [1.807, 2.05) is 17.9 Å². The number of H-pyrrole nitrogens is 1. The molecular formula is C7H9N4S+. The number of hydrogen-bond acceptors (Lipinski definition) is 3. The number of aromatic nitrogens is 4. The van der Waals surface area contributed by atoms with Crippen molar-refractivity contribution in [1.82, 2.24) is 15.0 Å². The van der Waals surface area contributed by atoms with Gasteiger partial charge in [-0.2, -0.15) is 0 Å². The molecule has 2 aromatic rings. The van der Waals surface area contributed by atoms with Crippen molar-refractivity contribution in [2.75, 3.05) is 6.26 Å². The fourth-order valence-electron chi connectivity index (χ4n) is 1.12. The van der Waals surface area contributed by atoms with Crippen molar-refractivity contribution in [3.8, 4) is 0 Å². The lowest BCUT2D eigenvalue weighted by Crippen LogP contribution is -2.29. The van der Waals surface area contributed by atoms with E-state index in [4.69, 9.17) is 0 Å². The van der Waals surface area contributed by atoms with E-state index in [1.165, 1.54) is 0 Å². The van der Waals surface area contributed by atoms with Crippen LogP contribution in [0.25, 0.3) is 11.2 Å². The molecular weight excluding hydrogens is 172 g/mol. The summed E-state index contributed by atoms with van der Waals surface area (Å²) in [6, 6.07) is 0. The first kappa shape index (κ1) is 7.54. The SMILES string of the molecule is CSc1nc[n+](C)c2nc[nH]c12. The summed E-state index contributed by atoms with van der Waals surface area (Å²) >= 11 is 1.62. The van der Waals surface area contributed by atoms with Gasteiger partial charge in [0.25, 0.3) is 5.65 Å². The maximum Gasteiger partial charge on any atom is 0.292 e. The summed E-state index contributed by atoms with van der Waals surface area (Å²) in [5.41, 5.74) is 1.95. The Morgan fingerprint density at radius 3 is 3.08 bits per heavy atom. The van der Waals surface area contributed by atoms with Gasteiger partial charge in [-0.1, -0.05) is 16.7 Å². The standard InChI is InChI=1S/C7H8N4S/c1-11-4-10-7(12-2)5-6(11)9-3-8-5/h3-4H,1-2H3/p+1. The molecule has 12 heavy (non-hydrogen) atoms. The molecule has 5 heteroatoms. The summed E-state index contributed by atoms with van der Waals surface area (Å²) in [5.74, 6) is 0. The highest BCUT2D eigenvalue weighted by atomic mass is 32.2. The van der Waals surface area contributed by atoms with E-state index in [-0.39, 0.29) is 0 Å². The predicted octanol–water partition coefficient (Wildman–Crippen LogP) is 0.504. The third kappa shape index (κ3) is 0.972. The first-order valence-electron chi connectivity index (χ1n) is 3.54. The molecule has 0 spiro atoms. The second-order valence-electron chi connectivity index (χ2n) is 2.47. The van der Waals surface area contributed by atoms with Crippen LogP contribution in [0.15, 0.2) is 17.7 Å².